The zero-order valence-electron chi connectivity index (χ0n) is 12.2. The molecule has 0 bridgehead atoms. The van der Waals surface area contributed by atoms with E-state index >= 15 is 0 Å². The summed E-state index contributed by atoms with van der Waals surface area (Å²) in [4.78, 5) is 34.5. The molecule has 0 aromatic rings. The van der Waals surface area contributed by atoms with Gasteiger partial charge in [-0.3, -0.25) is 14.4 Å². The molecule has 0 aromatic carbocycles. The Morgan fingerprint density at radius 2 is 1.75 bits per heavy atom. The molecule has 1 rings (SSSR count). The first-order valence-electron chi connectivity index (χ1n) is 7.15. The molecule has 1 aliphatic rings. The van der Waals surface area contributed by atoms with Crippen molar-refractivity contribution in [1.29, 1.82) is 0 Å². The maximum Gasteiger partial charge on any atom is 0.310 e. The Bertz CT molecular complexity index is 373. The van der Waals surface area contributed by atoms with Crippen molar-refractivity contribution in [1.82, 2.24) is 10.6 Å². The summed E-state index contributed by atoms with van der Waals surface area (Å²) >= 11 is 0. The Hall–Kier alpha value is -1.59. The van der Waals surface area contributed by atoms with Gasteiger partial charge in [0, 0.05) is 25.4 Å². The quantitative estimate of drug-likeness (QED) is 0.651. The third-order valence-electron chi connectivity index (χ3n) is 3.64. The highest BCUT2D eigenvalue weighted by molar-refractivity contribution is 5.85. The molecular weight excluding hydrogens is 260 g/mol. The third-order valence-corrected chi connectivity index (χ3v) is 3.64. The van der Waals surface area contributed by atoms with Crippen molar-refractivity contribution in [3.05, 3.63) is 0 Å². The number of hydrogen-bond donors (Lipinski definition) is 3. The molecule has 0 saturated heterocycles. The zero-order valence-corrected chi connectivity index (χ0v) is 12.2. The van der Waals surface area contributed by atoms with E-state index in [2.05, 4.69) is 10.6 Å². The van der Waals surface area contributed by atoms with E-state index in [0.717, 1.165) is 12.8 Å². The molecule has 1 saturated carbocycles. The Labute approximate surface area is 119 Å². The maximum absolute atomic E-state index is 11.8. The highest BCUT2D eigenvalue weighted by Gasteiger charge is 2.42. The van der Waals surface area contributed by atoms with E-state index < -0.39 is 11.4 Å². The summed E-state index contributed by atoms with van der Waals surface area (Å²) in [5, 5.41) is 14.6. The van der Waals surface area contributed by atoms with E-state index in [4.69, 9.17) is 0 Å². The minimum absolute atomic E-state index is 0.00807. The zero-order chi connectivity index (χ0) is 15.2. The van der Waals surface area contributed by atoms with E-state index in [1.54, 1.807) is 0 Å². The van der Waals surface area contributed by atoms with Gasteiger partial charge < -0.3 is 15.7 Å². The normalized spacial score (nSPS) is 16.9. The lowest BCUT2D eigenvalue weighted by Crippen LogP contribution is -2.38. The minimum atomic E-state index is -0.899. The number of carboxylic acids is 1. The number of amides is 2. The standard InChI is InChI=1S/C14H24N2O4/c1-10(2)16-11(17)5-8-15-12(18)9-14(13(19)20)6-3-4-7-14/h10H,3-9H2,1-2H3,(H,15,18)(H,16,17)(H,19,20). The van der Waals surface area contributed by atoms with Crippen LogP contribution in [0.2, 0.25) is 0 Å². The van der Waals surface area contributed by atoms with Crippen LogP contribution < -0.4 is 10.6 Å². The van der Waals surface area contributed by atoms with Crippen LogP contribution in [0.4, 0.5) is 0 Å². The number of carboxylic acid groups (broad SMARTS) is 1. The molecule has 0 aromatic heterocycles. The fraction of sp³-hybridized carbons (Fsp3) is 0.786. The summed E-state index contributed by atoms with van der Waals surface area (Å²) in [7, 11) is 0. The minimum Gasteiger partial charge on any atom is -0.481 e. The Kier molecular flexibility index (Phi) is 5.98. The van der Waals surface area contributed by atoms with Crippen molar-refractivity contribution in [3.63, 3.8) is 0 Å². The van der Waals surface area contributed by atoms with Gasteiger partial charge >= 0.3 is 5.97 Å². The van der Waals surface area contributed by atoms with Gasteiger partial charge in [-0.05, 0) is 26.7 Å². The molecule has 3 N–H and O–H groups in total. The number of carbonyl (C=O) groups excluding carboxylic acids is 2. The molecule has 0 spiro atoms. The van der Waals surface area contributed by atoms with Gasteiger partial charge in [0.15, 0.2) is 0 Å². The molecule has 1 fully saturated rings. The average molecular weight is 284 g/mol. The molecule has 1 aliphatic carbocycles. The van der Waals surface area contributed by atoms with Crippen LogP contribution in [0.3, 0.4) is 0 Å². The van der Waals surface area contributed by atoms with E-state index in [9.17, 15) is 19.5 Å². The predicted octanol–water partition coefficient (Wildman–Crippen LogP) is 1.05. The molecule has 20 heavy (non-hydrogen) atoms. The van der Waals surface area contributed by atoms with Gasteiger partial charge in [-0.15, -0.1) is 0 Å². The molecule has 0 heterocycles. The van der Waals surface area contributed by atoms with Crippen LogP contribution >= 0.6 is 0 Å². The summed E-state index contributed by atoms with van der Waals surface area (Å²) < 4.78 is 0. The van der Waals surface area contributed by atoms with Gasteiger partial charge in [0.25, 0.3) is 0 Å². The highest BCUT2D eigenvalue weighted by Crippen LogP contribution is 2.41. The van der Waals surface area contributed by atoms with Gasteiger partial charge in [0.1, 0.15) is 0 Å². The fourth-order valence-corrected chi connectivity index (χ4v) is 2.60. The second-order valence-corrected chi connectivity index (χ2v) is 5.79. The lowest BCUT2D eigenvalue weighted by atomic mass is 9.82. The lowest BCUT2D eigenvalue weighted by molar-refractivity contribution is -0.151. The summed E-state index contributed by atoms with van der Waals surface area (Å²) in [6.45, 7) is 3.98. The van der Waals surface area contributed by atoms with Crippen LogP contribution in [0.1, 0.15) is 52.4 Å². The topological polar surface area (TPSA) is 95.5 Å². The summed E-state index contributed by atoms with van der Waals surface area (Å²) in [5.41, 5.74) is -0.899. The largest absolute Gasteiger partial charge is 0.481 e. The van der Waals surface area contributed by atoms with Crippen molar-refractivity contribution in [3.8, 4) is 0 Å². The second kappa shape index (κ2) is 7.26. The second-order valence-electron chi connectivity index (χ2n) is 5.79. The Morgan fingerprint density at radius 1 is 1.15 bits per heavy atom. The maximum atomic E-state index is 11.8. The summed E-state index contributed by atoms with van der Waals surface area (Å²) in [6, 6.07) is 0.0759. The average Bonchev–Trinajstić information content (AvgIpc) is 2.77. The Balaban J connectivity index is 2.33. The van der Waals surface area contributed by atoms with Gasteiger partial charge in [0.05, 0.1) is 5.41 Å². The number of rotatable bonds is 7. The van der Waals surface area contributed by atoms with Crippen LogP contribution in [-0.2, 0) is 14.4 Å². The number of carbonyl (C=O) groups is 3. The summed E-state index contributed by atoms with van der Waals surface area (Å²) in [6.07, 6.45) is 3.05. The van der Waals surface area contributed by atoms with Gasteiger partial charge in [-0.25, -0.2) is 0 Å². The molecule has 0 atom stereocenters. The number of aliphatic carboxylic acids is 1. The van der Waals surface area contributed by atoms with Crippen molar-refractivity contribution >= 4 is 17.8 Å². The number of nitrogens with one attached hydrogen (secondary N) is 2. The first kappa shape index (κ1) is 16.5. The SMILES string of the molecule is CC(C)NC(=O)CCNC(=O)CC1(C(=O)O)CCCC1. The van der Waals surface area contributed by atoms with Gasteiger partial charge in [-0.1, -0.05) is 12.8 Å². The smallest absolute Gasteiger partial charge is 0.310 e. The number of hydrogen-bond acceptors (Lipinski definition) is 3. The van der Waals surface area contributed by atoms with Crippen molar-refractivity contribution in [2.75, 3.05) is 6.54 Å². The van der Waals surface area contributed by atoms with Crippen molar-refractivity contribution in [2.24, 2.45) is 5.41 Å². The van der Waals surface area contributed by atoms with Crippen LogP contribution in [-0.4, -0.2) is 35.5 Å². The summed E-state index contributed by atoms with van der Waals surface area (Å²) in [5.74, 6) is -1.29. The van der Waals surface area contributed by atoms with Gasteiger partial charge in [-0.2, -0.15) is 0 Å². The van der Waals surface area contributed by atoms with Crippen LogP contribution in [0.5, 0.6) is 0 Å². The molecule has 0 aliphatic heterocycles. The van der Waals surface area contributed by atoms with Crippen LogP contribution in [0.15, 0.2) is 0 Å². The first-order chi connectivity index (χ1) is 9.35. The van der Waals surface area contributed by atoms with Crippen molar-refractivity contribution in [2.45, 2.75) is 58.4 Å². The van der Waals surface area contributed by atoms with E-state index in [1.165, 1.54) is 0 Å². The molecule has 2 amide bonds. The predicted molar refractivity (Wildman–Crippen MR) is 74.1 cm³/mol. The van der Waals surface area contributed by atoms with Crippen molar-refractivity contribution < 1.29 is 19.5 Å². The molecule has 6 nitrogen and oxygen atoms in total. The van der Waals surface area contributed by atoms with Crippen LogP contribution in [0, 0.1) is 5.41 Å². The van der Waals surface area contributed by atoms with E-state index in [1.807, 2.05) is 13.8 Å². The van der Waals surface area contributed by atoms with Gasteiger partial charge in [0.2, 0.25) is 11.8 Å². The molecular formula is C14H24N2O4. The first-order valence-corrected chi connectivity index (χ1v) is 7.15. The monoisotopic (exact) mass is 284 g/mol. The lowest BCUT2D eigenvalue weighted by Gasteiger charge is -2.22. The van der Waals surface area contributed by atoms with E-state index in [-0.39, 0.29) is 37.2 Å². The third kappa shape index (κ3) is 4.83. The Morgan fingerprint density at radius 3 is 2.25 bits per heavy atom. The molecule has 0 radical (unpaired) electrons. The fourth-order valence-electron chi connectivity index (χ4n) is 2.60. The van der Waals surface area contributed by atoms with E-state index in [0.29, 0.717) is 12.8 Å². The molecule has 114 valence electrons. The van der Waals surface area contributed by atoms with Crippen LogP contribution in [0.25, 0.3) is 0 Å². The molecule has 0 unspecified atom stereocenters. The molecule has 6 heteroatoms. The highest BCUT2D eigenvalue weighted by atomic mass is 16.4.